The highest BCUT2D eigenvalue weighted by molar-refractivity contribution is 6.02. The van der Waals surface area contributed by atoms with Gasteiger partial charge in [0.25, 0.3) is 5.91 Å². The molecule has 1 N–H and O–H groups in total. The number of nitrogens with zero attached hydrogens (tertiary/aromatic N) is 4. The van der Waals surface area contributed by atoms with Gasteiger partial charge >= 0.3 is 6.03 Å². The zero-order valence-electron chi connectivity index (χ0n) is 12.8. The molecule has 0 saturated carbocycles. The maximum absolute atomic E-state index is 12.3. The van der Waals surface area contributed by atoms with Crippen LogP contribution in [-0.4, -0.2) is 71.7 Å². The van der Waals surface area contributed by atoms with Crippen LogP contribution in [-0.2, 0) is 16.1 Å². The van der Waals surface area contributed by atoms with E-state index in [2.05, 4.69) is 10.3 Å². The molecule has 0 aliphatic carbocycles. The molecule has 0 bridgehead atoms. The number of imide groups is 1. The number of hydrogen-bond acceptors (Lipinski definition) is 6. The van der Waals surface area contributed by atoms with E-state index in [0.29, 0.717) is 5.76 Å². The third-order valence-electron chi connectivity index (χ3n) is 3.94. The second-order valence-corrected chi connectivity index (χ2v) is 5.44. The van der Waals surface area contributed by atoms with Crippen LogP contribution in [0.4, 0.5) is 4.79 Å². The van der Waals surface area contributed by atoms with Crippen molar-refractivity contribution in [1.29, 1.82) is 0 Å². The van der Waals surface area contributed by atoms with Crippen molar-refractivity contribution in [3.8, 4) is 0 Å². The summed E-state index contributed by atoms with van der Waals surface area (Å²) in [7, 11) is 3.01. The molecule has 1 fully saturated rings. The molecule has 1 saturated heterocycles. The topological polar surface area (TPSA) is 98.5 Å². The lowest BCUT2D eigenvalue weighted by atomic mass is 10.1. The molecule has 0 aromatic carbocycles. The smallest absolute Gasteiger partial charge is 0.328 e. The Bertz CT molecular complexity index is 662. The van der Waals surface area contributed by atoms with Crippen molar-refractivity contribution < 1.29 is 20.2 Å². The number of amides is 4. The van der Waals surface area contributed by atoms with E-state index in [1.54, 1.807) is 24.1 Å². The van der Waals surface area contributed by atoms with Gasteiger partial charge in [-0.25, -0.2) is 9.79 Å². The number of rotatable bonds is 4. The summed E-state index contributed by atoms with van der Waals surface area (Å²) in [4.78, 5) is 44.4. The number of aliphatic imine (C=N–C) groups is 1. The monoisotopic (exact) mass is 321 g/mol. The van der Waals surface area contributed by atoms with E-state index < -0.39 is 18.2 Å². The predicted octanol–water partition coefficient (Wildman–Crippen LogP) is -0.296. The fraction of sp³-hybridized carbons (Fsp3) is 0.429. The number of carbonyl (C=O) groups is 3. The molecule has 124 valence electrons. The van der Waals surface area contributed by atoms with Gasteiger partial charge in [0.15, 0.2) is 12.2 Å². The Morgan fingerprint density at radius 1 is 1.43 bits per heavy atom. The van der Waals surface area contributed by atoms with Crippen molar-refractivity contribution in [2.24, 2.45) is 4.99 Å². The third-order valence-corrected chi connectivity index (χ3v) is 3.94. The molecule has 2 aliphatic heterocycles. The molecule has 0 spiro atoms. The number of carbonyl (C=O) groups excluding carboxylic acids is 3. The van der Waals surface area contributed by atoms with Crippen molar-refractivity contribution in [3.05, 3.63) is 24.2 Å². The summed E-state index contributed by atoms with van der Waals surface area (Å²) >= 11 is 0. The first kappa shape index (κ1) is 15.1. The van der Waals surface area contributed by atoms with Crippen LogP contribution in [0.1, 0.15) is 7.19 Å². The van der Waals surface area contributed by atoms with Crippen molar-refractivity contribution in [3.63, 3.8) is 0 Å². The van der Waals surface area contributed by atoms with Gasteiger partial charge in [-0.1, -0.05) is 0 Å². The first-order chi connectivity index (χ1) is 11.0. The van der Waals surface area contributed by atoms with Crippen LogP contribution in [0, 0.1) is 0 Å². The van der Waals surface area contributed by atoms with E-state index in [4.69, 9.17) is 4.42 Å². The summed E-state index contributed by atoms with van der Waals surface area (Å²) in [5, 5.41) is 2.71. The van der Waals surface area contributed by atoms with E-state index in [9.17, 15) is 14.4 Å². The second-order valence-electron chi connectivity index (χ2n) is 5.44. The van der Waals surface area contributed by atoms with Gasteiger partial charge in [-0.3, -0.25) is 14.5 Å². The summed E-state index contributed by atoms with van der Waals surface area (Å²) < 4.78 is 5.14. The van der Waals surface area contributed by atoms with Gasteiger partial charge in [0.2, 0.25) is 5.91 Å². The molecular formula is C14H19N5O4. The van der Waals surface area contributed by atoms with Crippen molar-refractivity contribution in [1.82, 2.24) is 20.0 Å². The molecule has 23 heavy (non-hydrogen) atoms. The summed E-state index contributed by atoms with van der Waals surface area (Å²) in [5.74, 6) is 0.0167. The number of nitrogens with one attached hydrogen (secondary N) is 1. The number of furan rings is 1. The fourth-order valence-corrected chi connectivity index (χ4v) is 2.66. The SMILES string of the molecule is CN1C(=O)C2C(N=CN2CC(=O)NCc2ccco2)N(C)C1=O.[HH]. The lowest BCUT2D eigenvalue weighted by Crippen LogP contribution is -2.64. The molecule has 2 atom stereocenters. The van der Waals surface area contributed by atoms with E-state index in [1.165, 1.54) is 24.5 Å². The van der Waals surface area contributed by atoms with Gasteiger partial charge in [0.05, 0.1) is 25.7 Å². The van der Waals surface area contributed by atoms with Gasteiger partial charge < -0.3 is 19.5 Å². The Balaban J connectivity index is 0.00000208. The second kappa shape index (κ2) is 5.75. The number of urea groups is 1. The molecule has 2 unspecified atom stereocenters. The molecule has 9 nitrogen and oxygen atoms in total. The Kier molecular flexibility index (Phi) is 3.77. The highest BCUT2D eigenvalue weighted by atomic mass is 16.3. The van der Waals surface area contributed by atoms with Gasteiger partial charge in [0, 0.05) is 15.5 Å². The summed E-state index contributed by atoms with van der Waals surface area (Å²) in [6.45, 7) is 0.254. The molecule has 0 radical (unpaired) electrons. The standard InChI is InChI=1S/C14H17N5O4.H2/c1-17-12-11(13(21)18(2)14(17)22)19(8-16-12)7-10(20)15-6-9-4-3-5-23-9;/h3-5,8,11-12H,6-7H2,1-2H3,(H,15,20);1H. The minimum absolute atomic E-state index is 0. The zero-order chi connectivity index (χ0) is 16.6. The van der Waals surface area contributed by atoms with Crippen LogP contribution in [0.25, 0.3) is 0 Å². The van der Waals surface area contributed by atoms with E-state index >= 15 is 0 Å². The molecule has 1 aromatic rings. The lowest BCUT2D eigenvalue weighted by Gasteiger charge is -2.39. The largest absolute Gasteiger partial charge is 0.467 e. The molecule has 2 aliphatic rings. The van der Waals surface area contributed by atoms with Gasteiger partial charge in [0.1, 0.15) is 5.76 Å². The maximum Gasteiger partial charge on any atom is 0.328 e. The molecule has 3 rings (SSSR count). The Morgan fingerprint density at radius 2 is 2.22 bits per heavy atom. The van der Waals surface area contributed by atoms with Crippen LogP contribution in [0.2, 0.25) is 0 Å². The Labute approximate surface area is 134 Å². The minimum Gasteiger partial charge on any atom is -0.467 e. The van der Waals surface area contributed by atoms with E-state index in [-0.39, 0.29) is 26.3 Å². The predicted molar refractivity (Wildman–Crippen MR) is 81.4 cm³/mol. The number of hydrogen-bond donors (Lipinski definition) is 1. The van der Waals surface area contributed by atoms with E-state index in [0.717, 1.165) is 4.90 Å². The molecular weight excluding hydrogens is 302 g/mol. The van der Waals surface area contributed by atoms with Crippen molar-refractivity contribution in [2.75, 3.05) is 20.6 Å². The number of fused-ring (bicyclic) bond motifs is 1. The highest BCUT2D eigenvalue weighted by Crippen LogP contribution is 2.24. The highest BCUT2D eigenvalue weighted by Gasteiger charge is 2.48. The van der Waals surface area contributed by atoms with Crippen molar-refractivity contribution in [2.45, 2.75) is 18.8 Å². The fourth-order valence-electron chi connectivity index (χ4n) is 2.66. The molecule has 4 amide bonds. The van der Waals surface area contributed by atoms with Crippen molar-refractivity contribution >= 4 is 24.2 Å². The van der Waals surface area contributed by atoms with Gasteiger partial charge in [-0.05, 0) is 12.1 Å². The zero-order valence-corrected chi connectivity index (χ0v) is 12.8. The third kappa shape index (κ3) is 2.65. The average Bonchev–Trinajstić information content (AvgIpc) is 3.18. The lowest BCUT2D eigenvalue weighted by molar-refractivity contribution is -0.136. The van der Waals surface area contributed by atoms with Crippen LogP contribution < -0.4 is 5.32 Å². The normalized spacial score (nSPS) is 23.5. The van der Waals surface area contributed by atoms with E-state index in [1.807, 2.05) is 0 Å². The van der Waals surface area contributed by atoms with Gasteiger partial charge in [-0.15, -0.1) is 0 Å². The Hall–Kier alpha value is -2.84. The molecule has 9 heteroatoms. The van der Waals surface area contributed by atoms with Gasteiger partial charge in [-0.2, -0.15) is 0 Å². The Morgan fingerprint density at radius 3 is 2.91 bits per heavy atom. The average molecular weight is 321 g/mol. The first-order valence-electron chi connectivity index (χ1n) is 7.11. The summed E-state index contributed by atoms with van der Waals surface area (Å²) in [6.07, 6.45) is 2.38. The minimum atomic E-state index is -0.669. The first-order valence-corrected chi connectivity index (χ1v) is 7.11. The molecule has 3 heterocycles. The van der Waals surface area contributed by atoms with Crippen LogP contribution in [0.3, 0.4) is 0 Å². The quantitative estimate of drug-likeness (QED) is 0.821. The van der Waals surface area contributed by atoms with Crippen LogP contribution in [0.15, 0.2) is 27.8 Å². The number of likely N-dealkylation sites (N-methyl/N-ethyl adjacent to an activating group) is 2. The molecule has 1 aromatic heterocycles. The summed E-state index contributed by atoms with van der Waals surface area (Å²) in [6, 6.07) is 2.42. The maximum atomic E-state index is 12.3. The summed E-state index contributed by atoms with van der Waals surface area (Å²) in [5.41, 5.74) is 0. The van der Waals surface area contributed by atoms with Crippen LogP contribution >= 0.6 is 0 Å². The van der Waals surface area contributed by atoms with Crippen LogP contribution in [0.5, 0.6) is 0 Å².